The van der Waals surface area contributed by atoms with Crippen molar-refractivity contribution in [2.45, 2.75) is 59.4 Å². The minimum Gasteiger partial charge on any atom is -0.205 e. The van der Waals surface area contributed by atoms with Crippen molar-refractivity contribution in [3.63, 3.8) is 0 Å². The van der Waals surface area contributed by atoms with Gasteiger partial charge in [-0.3, -0.25) is 0 Å². The van der Waals surface area contributed by atoms with E-state index in [1.54, 1.807) is 14.0 Å². The molecule has 0 N–H and O–H groups in total. The van der Waals surface area contributed by atoms with Gasteiger partial charge >= 0.3 is 0 Å². The number of aryl methyl sites for hydroxylation is 1. The van der Waals surface area contributed by atoms with Crippen LogP contribution in [0.5, 0.6) is 0 Å². The van der Waals surface area contributed by atoms with Gasteiger partial charge in [0.25, 0.3) is 13.1 Å². The maximum atomic E-state index is 3.49. The Morgan fingerprint density at radius 3 is 2.22 bits per heavy atom. The third-order valence-electron chi connectivity index (χ3n) is 3.09. The molecule has 0 radical (unpaired) electrons. The number of pyridine rings is 1. The number of aromatic nitrogens is 1. The second-order valence-corrected chi connectivity index (χ2v) is 4.48. The van der Waals surface area contributed by atoms with E-state index in [-0.39, 0.29) is 0 Å². The first kappa shape index (κ1) is 16.6. The Labute approximate surface area is 112 Å². The van der Waals surface area contributed by atoms with Crippen LogP contribution in [0.25, 0.3) is 4.85 Å². The van der Waals surface area contributed by atoms with Crippen LogP contribution >= 0.6 is 0 Å². The minimum atomic E-state index is 0.691. The smallest absolute Gasteiger partial charge is 0.205 e. The quantitative estimate of drug-likeness (QED) is 0.688. The van der Waals surface area contributed by atoms with Gasteiger partial charge in [0.15, 0.2) is 12.4 Å². The SMILES string of the molecule is CC#[N+]C.CCCC[n+]1ccc(C(C)CC)cc1. The van der Waals surface area contributed by atoms with E-state index < -0.39 is 0 Å². The Kier molecular flexibility index (Phi) is 9.96. The largest absolute Gasteiger partial charge is 0.269 e. The summed E-state index contributed by atoms with van der Waals surface area (Å²) < 4.78 is 2.27. The maximum Gasteiger partial charge on any atom is 0.269 e. The molecule has 18 heavy (non-hydrogen) atoms. The summed E-state index contributed by atoms with van der Waals surface area (Å²) in [5.74, 6) is 0.691. The maximum absolute atomic E-state index is 3.49. The van der Waals surface area contributed by atoms with Gasteiger partial charge in [-0.2, -0.15) is 0 Å². The first-order chi connectivity index (χ1) is 8.69. The molecule has 0 bridgehead atoms. The predicted molar refractivity (Wildman–Crippen MR) is 79.1 cm³/mol. The second-order valence-electron chi connectivity index (χ2n) is 4.48. The highest BCUT2D eigenvalue weighted by Gasteiger charge is 2.05. The van der Waals surface area contributed by atoms with Gasteiger partial charge in [0.05, 0.1) is 6.92 Å². The van der Waals surface area contributed by atoms with Crippen molar-refractivity contribution in [1.29, 1.82) is 0 Å². The molecule has 0 aliphatic heterocycles. The van der Waals surface area contributed by atoms with Gasteiger partial charge in [-0.25, -0.2) is 4.57 Å². The van der Waals surface area contributed by atoms with Crippen LogP contribution in [0, 0.1) is 6.07 Å². The summed E-state index contributed by atoms with van der Waals surface area (Å²) in [7, 11) is 1.69. The van der Waals surface area contributed by atoms with Crippen LogP contribution in [0.15, 0.2) is 24.5 Å². The fraction of sp³-hybridized carbons (Fsp3) is 0.625. The van der Waals surface area contributed by atoms with Gasteiger partial charge in [-0.1, -0.05) is 32.0 Å². The number of unbranched alkanes of at least 4 members (excludes halogenated alkanes) is 1. The van der Waals surface area contributed by atoms with E-state index >= 15 is 0 Å². The fourth-order valence-electron chi connectivity index (χ4n) is 1.52. The minimum absolute atomic E-state index is 0.691. The topological polar surface area (TPSA) is 8.24 Å². The molecular weight excluding hydrogens is 220 g/mol. The van der Waals surface area contributed by atoms with Crippen LogP contribution < -0.4 is 4.57 Å². The molecule has 0 aromatic carbocycles. The highest BCUT2D eigenvalue weighted by atomic mass is 14.9. The molecule has 2 nitrogen and oxygen atoms in total. The lowest BCUT2D eigenvalue weighted by Gasteiger charge is -2.06. The Hall–Kier alpha value is -1.36. The first-order valence-electron chi connectivity index (χ1n) is 6.94. The first-order valence-corrected chi connectivity index (χ1v) is 6.94. The van der Waals surface area contributed by atoms with Gasteiger partial charge in [0.2, 0.25) is 0 Å². The average Bonchev–Trinajstić information content (AvgIpc) is 2.45. The molecule has 0 aliphatic rings. The van der Waals surface area contributed by atoms with Crippen LogP contribution in [0.3, 0.4) is 0 Å². The summed E-state index contributed by atoms with van der Waals surface area (Å²) in [5.41, 5.74) is 1.46. The van der Waals surface area contributed by atoms with Crippen LogP contribution in [-0.4, -0.2) is 7.05 Å². The molecule has 0 amide bonds. The summed E-state index contributed by atoms with van der Waals surface area (Å²) in [6.45, 7) is 9.67. The standard InChI is InChI=1S/C13H22N.C3H6N/c1-4-6-9-14-10-7-13(8-11-14)12(3)5-2;1-3-4-2/h7-8,10-12H,4-6,9H2,1-3H3;1-2H3/q2*+1. The van der Waals surface area contributed by atoms with Crippen LogP contribution in [0.2, 0.25) is 0 Å². The van der Waals surface area contributed by atoms with E-state index in [0.29, 0.717) is 5.92 Å². The molecule has 1 atom stereocenters. The van der Waals surface area contributed by atoms with E-state index in [1.165, 1.54) is 24.8 Å². The summed E-state index contributed by atoms with van der Waals surface area (Å²) >= 11 is 0. The Morgan fingerprint density at radius 1 is 1.28 bits per heavy atom. The lowest BCUT2D eigenvalue weighted by molar-refractivity contribution is -0.697. The van der Waals surface area contributed by atoms with E-state index in [0.717, 1.165) is 6.54 Å². The van der Waals surface area contributed by atoms with Crippen molar-refractivity contribution in [2.24, 2.45) is 0 Å². The molecule has 0 fully saturated rings. The van der Waals surface area contributed by atoms with Crippen molar-refractivity contribution in [3.05, 3.63) is 34.9 Å². The van der Waals surface area contributed by atoms with Crippen molar-refractivity contribution in [3.8, 4) is 6.07 Å². The van der Waals surface area contributed by atoms with Gasteiger partial charge in [0, 0.05) is 18.6 Å². The van der Waals surface area contributed by atoms with Gasteiger partial charge in [0.1, 0.15) is 6.54 Å². The Bertz CT molecular complexity index is 351. The molecule has 0 saturated heterocycles. The van der Waals surface area contributed by atoms with Gasteiger partial charge in [-0.15, -0.1) is 0 Å². The van der Waals surface area contributed by atoms with Crippen molar-refractivity contribution < 1.29 is 4.57 Å². The van der Waals surface area contributed by atoms with Gasteiger partial charge < -0.3 is 0 Å². The average molecular weight is 248 g/mol. The lowest BCUT2D eigenvalue weighted by atomic mass is 10.0. The molecule has 0 spiro atoms. The molecular formula is C16H28N2+2. The van der Waals surface area contributed by atoms with E-state index in [9.17, 15) is 0 Å². The van der Waals surface area contributed by atoms with Crippen LogP contribution in [0.4, 0.5) is 0 Å². The zero-order chi connectivity index (χ0) is 13.8. The fourth-order valence-corrected chi connectivity index (χ4v) is 1.52. The molecule has 1 unspecified atom stereocenters. The summed E-state index contributed by atoms with van der Waals surface area (Å²) in [6.07, 6.45) is 8.17. The summed E-state index contributed by atoms with van der Waals surface area (Å²) in [5, 5.41) is 0. The van der Waals surface area contributed by atoms with E-state index in [2.05, 4.69) is 60.8 Å². The molecule has 100 valence electrons. The molecule has 1 rings (SSSR count). The third kappa shape index (κ3) is 7.06. The zero-order valence-corrected chi connectivity index (χ0v) is 12.6. The number of rotatable bonds is 5. The summed E-state index contributed by atoms with van der Waals surface area (Å²) in [6, 6.07) is 7.06. The molecule has 1 heterocycles. The normalized spacial score (nSPS) is 10.7. The van der Waals surface area contributed by atoms with Crippen molar-refractivity contribution in [2.75, 3.05) is 7.05 Å². The number of hydrogen-bond donors (Lipinski definition) is 0. The Balaban J connectivity index is 0.000000631. The van der Waals surface area contributed by atoms with E-state index in [4.69, 9.17) is 0 Å². The summed E-state index contributed by atoms with van der Waals surface area (Å²) in [4.78, 5) is 3.49. The van der Waals surface area contributed by atoms with Crippen LogP contribution in [-0.2, 0) is 6.54 Å². The van der Waals surface area contributed by atoms with Crippen molar-refractivity contribution >= 4 is 0 Å². The highest BCUT2D eigenvalue weighted by Crippen LogP contribution is 2.16. The molecule has 1 aromatic rings. The second kappa shape index (κ2) is 10.8. The van der Waals surface area contributed by atoms with Crippen molar-refractivity contribution in [1.82, 2.24) is 0 Å². The van der Waals surface area contributed by atoms with Gasteiger partial charge in [-0.05, 0) is 17.9 Å². The monoisotopic (exact) mass is 248 g/mol. The highest BCUT2D eigenvalue weighted by molar-refractivity contribution is 5.12. The third-order valence-corrected chi connectivity index (χ3v) is 3.09. The molecule has 1 aromatic heterocycles. The van der Waals surface area contributed by atoms with E-state index in [1.807, 2.05) is 0 Å². The predicted octanol–water partition coefficient (Wildman–Crippen LogP) is 4.26. The lowest BCUT2D eigenvalue weighted by Crippen LogP contribution is -2.32. The van der Waals surface area contributed by atoms with Crippen LogP contribution in [0.1, 0.15) is 58.4 Å². The molecule has 2 heteroatoms. The zero-order valence-electron chi connectivity index (χ0n) is 12.6. The Morgan fingerprint density at radius 2 is 1.83 bits per heavy atom. The number of nitrogens with zero attached hydrogens (tertiary/aromatic N) is 2. The number of hydrogen-bond acceptors (Lipinski definition) is 0. The molecule has 0 saturated carbocycles. The molecule has 0 aliphatic carbocycles.